The van der Waals surface area contributed by atoms with Gasteiger partial charge in [0.25, 0.3) is 0 Å². The Bertz CT molecular complexity index is 446. The van der Waals surface area contributed by atoms with Gasteiger partial charge in [-0.15, -0.1) is 0 Å². The van der Waals surface area contributed by atoms with E-state index in [0.29, 0.717) is 5.56 Å². The van der Waals surface area contributed by atoms with Gasteiger partial charge in [0, 0.05) is 5.56 Å². The van der Waals surface area contributed by atoms with Crippen LogP contribution in [0.4, 0.5) is 4.39 Å². The van der Waals surface area contributed by atoms with Crippen LogP contribution in [0.1, 0.15) is 0 Å². The Hall–Kier alpha value is -1.69. The lowest BCUT2D eigenvalue weighted by molar-refractivity contribution is 0.278. The van der Waals surface area contributed by atoms with Crippen LogP contribution in [0.15, 0.2) is 54.6 Å². The van der Waals surface area contributed by atoms with Gasteiger partial charge in [-0.05, 0) is 11.6 Å². The van der Waals surface area contributed by atoms with E-state index in [2.05, 4.69) is 0 Å². The van der Waals surface area contributed by atoms with Crippen molar-refractivity contribution in [1.82, 2.24) is 0 Å². The third-order valence-corrected chi connectivity index (χ3v) is 1.96. The van der Waals surface area contributed by atoms with Crippen molar-refractivity contribution in [3.05, 3.63) is 60.4 Å². The van der Waals surface area contributed by atoms with Gasteiger partial charge >= 0.3 is 7.32 Å². The molecule has 0 saturated carbocycles. The maximum atomic E-state index is 13.3. The summed E-state index contributed by atoms with van der Waals surface area (Å²) in [7, 11) is -2.17. The van der Waals surface area contributed by atoms with E-state index in [1.165, 1.54) is 6.07 Å². The fraction of sp³-hybridized carbons (Fsp3) is 0. The van der Waals surface area contributed by atoms with Crippen LogP contribution in [0.2, 0.25) is 0 Å². The quantitative estimate of drug-likeness (QED) is 0.654. The number of halogens is 1. The van der Waals surface area contributed by atoms with Gasteiger partial charge < -0.3 is 15.1 Å². The Labute approximate surface area is 99.0 Å². The number of hydrogen-bond acceptors (Lipinski definition) is 3. The summed E-state index contributed by atoms with van der Waals surface area (Å²) >= 11 is 0. The van der Waals surface area contributed by atoms with E-state index in [9.17, 15) is 4.39 Å². The van der Waals surface area contributed by atoms with Crippen molar-refractivity contribution < 1.29 is 19.5 Å². The fourth-order valence-electron chi connectivity index (χ4n) is 1.31. The molecule has 2 aromatic carbocycles. The summed E-state index contributed by atoms with van der Waals surface area (Å²) in [6.45, 7) is 0. The number of rotatable bonds is 1. The molecule has 0 amide bonds. The molecule has 5 heteroatoms. The molecule has 0 aliphatic rings. The fourth-order valence-corrected chi connectivity index (χ4v) is 1.31. The van der Waals surface area contributed by atoms with Crippen LogP contribution in [-0.4, -0.2) is 22.4 Å². The molecule has 0 bridgehead atoms. The number of benzene rings is 2. The minimum Gasteiger partial charge on any atom is -0.402 e. The average Bonchev–Trinajstić information content (AvgIpc) is 2.30. The first-order valence-corrected chi connectivity index (χ1v) is 4.95. The standard InChI is InChI=1S/C12H9F.BH3O3/c13-12-9-5-4-8-11(12)10-6-2-1-3-7-10;2-1(3)4/h1-9H;2-4H. The van der Waals surface area contributed by atoms with Gasteiger partial charge in [-0.2, -0.15) is 0 Å². The lowest BCUT2D eigenvalue weighted by atomic mass is 10.1. The predicted molar refractivity (Wildman–Crippen MR) is 64.2 cm³/mol. The van der Waals surface area contributed by atoms with Gasteiger partial charge in [0.1, 0.15) is 5.82 Å². The summed E-state index contributed by atoms with van der Waals surface area (Å²) in [4.78, 5) is 0. The molecule has 0 aliphatic carbocycles. The highest BCUT2D eigenvalue weighted by molar-refractivity contribution is 6.30. The van der Waals surface area contributed by atoms with Crippen molar-refractivity contribution in [3.63, 3.8) is 0 Å². The highest BCUT2D eigenvalue weighted by atomic mass is 19.1. The maximum absolute atomic E-state index is 13.3. The van der Waals surface area contributed by atoms with Crippen LogP contribution < -0.4 is 0 Å². The summed E-state index contributed by atoms with van der Waals surface area (Å²) in [5.41, 5.74) is 1.57. The monoisotopic (exact) mass is 234 g/mol. The molecular weight excluding hydrogens is 222 g/mol. The third-order valence-electron chi connectivity index (χ3n) is 1.96. The molecule has 0 aromatic heterocycles. The average molecular weight is 234 g/mol. The first-order valence-electron chi connectivity index (χ1n) is 4.95. The molecule has 2 aromatic rings. The normalized spacial score (nSPS) is 9.18. The third kappa shape index (κ3) is 4.78. The van der Waals surface area contributed by atoms with Crippen LogP contribution in [0.3, 0.4) is 0 Å². The molecule has 0 unspecified atom stereocenters. The van der Waals surface area contributed by atoms with E-state index in [1.807, 2.05) is 36.4 Å². The van der Waals surface area contributed by atoms with Gasteiger partial charge in [0.15, 0.2) is 0 Å². The molecule has 0 heterocycles. The molecule has 17 heavy (non-hydrogen) atoms. The Morgan fingerprint density at radius 2 is 1.24 bits per heavy atom. The second kappa shape index (κ2) is 6.80. The molecule has 0 aliphatic heterocycles. The lowest BCUT2D eigenvalue weighted by Gasteiger charge is -2.01. The SMILES string of the molecule is Fc1ccccc1-c1ccccc1.OB(O)O. The van der Waals surface area contributed by atoms with Crippen LogP contribution in [0.25, 0.3) is 11.1 Å². The molecule has 0 fully saturated rings. The molecular formula is C12H12BFO3. The minimum absolute atomic E-state index is 0.172. The second-order valence-electron chi connectivity index (χ2n) is 3.19. The summed E-state index contributed by atoms with van der Waals surface area (Å²) < 4.78 is 13.3. The molecule has 3 N–H and O–H groups in total. The van der Waals surface area contributed by atoms with Gasteiger partial charge in [0.2, 0.25) is 0 Å². The smallest absolute Gasteiger partial charge is 0.402 e. The van der Waals surface area contributed by atoms with Crippen molar-refractivity contribution in [1.29, 1.82) is 0 Å². The molecule has 88 valence electrons. The predicted octanol–water partition coefficient (Wildman–Crippen LogP) is 1.44. The first kappa shape index (κ1) is 13.4. The van der Waals surface area contributed by atoms with E-state index in [0.717, 1.165) is 5.56 Å². The zero-order chi connectivity index (χ0) is 12.7. The van der Waals surface area contributed by atoms with E-state index >= 15 is 0 Å². The summed E-state index contributed by atoms with van der Waals surface area (Å²) in [6, 6.07) is 16.3. The van der Waals surface area contributed by atoms with Crippen molar-refractivity contribution in [2.45, 2.75) is 0 Å². The minimum atomic E-state index is -2.17. The van der Waals surface area contributed by atoms with Gasteiger partial charge in [-0.1, -0.05) is 48.5 Å². The van der Waals surface area contributed by atoms with Crippen LogP contribution in [0.5, 0.6) is 0 Å². The first-order chi connectivity index (χ1) is 8.11. The van der Waals surface area contributed by atoms with E-state index in [1.54, 1.807) is 12.1 Å². The zero-order valence-corrected chi connectivity index (χ0v) is 8.99. The zero-order valence-electron chi connectivity index (χ0n) is 8.99. The molecule has 0 atom stereocenters. The van der Waals surface area contributed by atoms with Crippen molar-refractivity contribution in [2.24, 2.45) is 0 Å². The molecule has 0 saturated heterocycles. The van der Waals surface area contributed by atoms with Gasteiger partial charge in [-0.3, -0.25) is 0 Å². The molecule has 0 spiro atoms. The van der Waals surface area contributed by atoms with E-state index < -0.39 is 7.32 Å². The van der Waals surface area contributed by atoms with Crippen molar-refractivity contribution in [2.75, 3.05) is 0 Å². The highest BCUT2D eigenvalue weighted by Gasteiger charge is 2.01. The summed E-state index contributed by atoms with van der Waals surface area (Å²) in [5, 5.41) is 21.5. The topological polar surface area (TPSA) is 60.7 Å². The van der Waals surface area contributed by atoms with Crippen LogP contribution in [0, 0.1) is 5.82 Å². The highest BCUT2D eigenvalue weighted by Crippen LogP contribution is 2.21. The van der Waals surface area contributed by atoms with Gasteiger partial charge in [-0.25, -0.2) is 4.39 Å². The molecule has 2 rings (SSSR count). The summed E-state index contributed by atoms with van der Waals surface area (Å²) in [6.07, 6.45) is 0. The maximum Gasteiger partial charge on any atom is 0.631 e. The largest absolute Gasteiger partial charge is 0.631 e. The Morgan fingerprint density at radius 1 is 0.765 bits per heavy atom. The van der Waals surface area contributed by atoms with Crippen molar-refractivity contribution in [3.8, 4) is 11.1 Å². The van der Waals surface area contributed by atoms with Crippen LogP contribution in [-0.2, 0) is 0 Å². The van der Waals surface area contributed by atoms with E-state index in [4.69, 9.17) is 15.1 Å². The second-order valence-corrected chi connectivity index (χ2v) is 3.19. The van der Waals surface area contributed by atoms with Crippen LogP contribution >= 0.6 is 0 Å². The lowest BCUT2D eigenvalue weighted by Crippen LogP contribution is -2.07. The van der Waals surface area contributed by atoms with E-state index in [-0.39, 0.29) is 5.82 Å². The van der Waals surface area contributed by atoms with Crippen molar-refractivity contribution >= 4 is 7.32 Å². The molecule has 3 nitrogen and oxygen atoms in total. The molecule has 0 radical (unpaired) electrons. The summed E-state index contributed by atoms with van der Waals surface area (Å²) in [5.74, 6) is -0.172. The Morgan fingerprint density at radius 3 is 1.76 bits per heavy atom. The van der Waals surface area contributed by atoms with Gasteiger partial charge in [0.05, 0.1) is 0 Å². The Balaban J connectivity index is 0.000000317. The Kier molecular flexibility index (Phi) is 5.35. The number of hydrogen-bond donors (Lipinski definition) is 3.